The van der Waals surface area contributed by atoms with Gasteiger partial charge in [-0.3, -0.25) is 9.78 Å². The van der Waals surface area contributed by atoms with Crippen LogP contribution < -0.4 is 10.4 Å². The van der Waals surface area contributed by atoms with E-state index in [1.807, 2.05) is 39.8 Å². The third kappa shape index (κ3) is 3.75. The van der Waals surface area contributed by atoms with Crippen molar-refractivity contribution in [3.63, 3.8) is 0 Å². The quantitative estimate of drug-likeness (QED) is 0.469. The van der Waals surface area contributed by atoms with Crippen LogP contribution in [-0.2, 0) is 7.05 Å². The highest BCUT2D eigenvalue weighted by atomic mass is 16.7. The Hall–Kier alpha value is -3.35. The number of amides is 1. The molecule has 1 N–H and O–H groups in total. The first kappa shape index (κ1) is 21.4. The topological polar surface area (TPSA) is 84.7 Å². The summed E-state index contributed by atoms with van der Waals surface area (Å²) in [6.45, 7) is 11.5. The minimum Gasteiger partial charge on any atom is -0.463 e. The molecule has 0 aliphatic rings. The number of benzene rings is 1. The van der Waals surface area contributed by atoms with Crippen molar-refractivity contribution in [3.05, 3.63) is 52.6 Å². The van der Waals surface area contributed by atoms with Crippen LogP contribution in [0, 0.1) is 12.8 Å². The normalized spacial score (nSPS) is 12.3. The van der Waals surface area contributed by atoms with Crippen LogP contribution in [0.15, 0.2) is 35.8 Å². The Bertz CT molecular complexity index is 1200. The number of aryl methyl sites for hydroxylation is 2. The van der Waals surface area contributed by atoms with Gasteiger partial charge in [-0.05, 0) is 43.7 Å². The van der Waals surface area contributed by atoms with Gasteiger partial charge in [0.25, 0.3) is 5.56 Å². The molecule has 7 heteroatoms. The molecule has 1 aromatic carbocycles. The van der Waals surface area contributed by atoms with Crippen LogP contribution in [0.5, 0.6) is 5.75 Å². The number of hydrogen-bond donors (Lipinski definition) is 1. The number of nitrogens with zero attached hydrogens (tertiary/aromatic N) is 3. The molecule has 3 aromatic rings. The molecule has 0 saturated heterocycles. The SMILES string of the molecule is C=Cc1cc2c3ccnc(C)c3c(=O)n(C)c2cc1ON(C(=O)O)C(C)CC(C)C. The van der Waals surface area contributed by atoms with Gasteiger partial charge in [-0.15, -0.1) is 5.06 Å². The molecule has 7 nitrogen and oxygen atoms in total. The first-order chi connectivity index (χ1) is 14.1. The number of hydrogen-bond acceptors (Lipinski definition) is 4. The van der Waals surface area contributed by atoms with Crippen molar-refractivity contribution in [2.45, 2.75) is 40.2 Å². The van der Waals surface area contributed by atoms with Crippen molar-refractivity contribution >= 4 is 33.8 Å². The smallest absolute Gasteiger partial charge is 0.440 e. The van der Waals surface area contributed by atoms with E-state index < -0.39 is 6.09 Å². The lowest BCUT2D eigenvalue weighted by Gasteiger charge is -2.27. The van der Waals surface area contributed by atoms with E-state index >= 15 is 0 Å². The molecule has 0 spiro atoms. The second kappa shape index (κ2) is 8.18. The Balaban J connectivity index is 2.23. The van der Waals surface area contributed by atoms with Gasteiger partial charge in [-0.2, -0.15) is 0 Å². The zero-order valence-corrected chi connectivity index (χ0v) is 18.0. The number of aromatic nitrogens is 2. The van der Waals surface area contributed by atoms with Crippen molar-refractivity contribution < 1.29 is 14.7 Å². The van der Waals surface area contributed by atoms with Gasteiger partial charge in [0.15, 0.2) is 5.75 Å². The maximum absolute atomic E-state index is 12.9. The zero-order chi connectivity index (χ0) is 22.2. The summed E-state index contributed by atoms with van der Waals surface area (Å²) in [7, 11) is 1.68. The molecule has 0 aliphatic carbocycles. The molecule has 0 bridgehead atoms. The summed E-state index contributed by atoms with van der Waals surface area (Å²) in [6.07, 6.45) is 2.77. The van der Waals surface area contributed by atoms with Crippen molar-refractivity contribution in [1.82, 2.24) is 14.6 Å². The summed E-state index contributed by atoms with van der Waals surface area (Å²) in [5, 5.41) is 12.8. The van der Waals surface area contributed by atoms with Gasteiger partial charge < -0.3 is 14.5 Å². The van der Waals surface area contributed by atoms with Gasteiger partial charge in [0, 0.05) is 30.3 Å². The van der Waals surface area contributed by atoms with Gasteiger partial charge in [-0.1, -0.05) is 26.5 Å². The third-order valence-corrected chi connectivity index (χ3v) is 5.26. The van der Waals surface area contributed by atoms with Gasteiger partial charge in [0.2, 0.25) is 0 Å². The van der Waals surface area contributed by atoms with Crippen molar-refractivity contribution in [2.75, 3.05) is 0 Å². The van der Waals surface area contributed by atoms with Crippen LogP contribution in [-0.4, -0.2) is 31.9 Å². The predicted octanol–water partition coefficient (Wildman–Crippen LogP) is 4.75. The molecule has 0 aliphatic heterocycles. The second-order valence-electron chi connectivity index (χ2n) is 7.97. The van der Waals surface area contributed by atoms with E-state index in [-0.39, 0.29) is 11.6 Å². The van der Waals surface area contributed by atoms with E-state index in [0.29, 0.717) is 40.2 Å². The standard InChI is InChI=1S/C23H27N3O4/c1-7-16-11-18-17-8-9-24-15(5)21(17)22(27)25(6)19(18)12-20(16)30-26(23(28)29)14(4)10-13(2)3/h7-9,11-14H,1,10H2,2-6H3,(H,28,29). The van der Waals surface area contributed by atoms with Gasteiger partial charge in [-0.25, -0.2) is 4.79 Å². The minimum absolute atomic E-state index is 0.163. The molecule has 3 rings (SSSR count). The largest absolute Gasteiger partial charge is 0.463 e. The average Bonchev–Trinajstić information content (AvgIpc) is 2.68. The lowest BCUT2D eigenvalue weighted by molar-refractivity contribution is -0.0682. The highest BCUT2D eigenvalue weighted by molar-refractivity contribution is 6.07. The van der Waals surface area contributed by atoms with Crippen molar-refractivity contribution in [2.24, 2.45) is 13.0 Å². The van der Waals surface area contributed by atoms with E-state index in [9.17, 15) is 14.7 Å². The van der Waals surface area contributed by atoms with Gasteiger partial charge in [0.1, 0.15) is 0 Å². The Kier molecular flexibility index (Phi) is 5.82. The number of rotatable bonds is 6. The Morgan fingerprint density at radius 2 is 2.03 bits per heavy atom. The van der Waals surface area contributed by atoms with Gasteiger partial charge >= 0.3 is 6.09 Å². The average molecular weight is 409 g/mol. The molecule has 2 heterocycles. The van der Waals surface area contributed by atoms with E-state index in [0.717, 1.165) is 15.8 Å². The van der Waals surface area contributed by atoms with Crippen LogP contribution in [0.2, 0.25) is 0 Å². The first-order valence-corrected chi connectivity index (χ1v) is 9.90. The highest BCUT2D eigenvalue weighted by Crippen LogP contribution is 2.32. The summed E-state index contributed by atoms with van der Waals surface area (Å²) in [5.41, 5.74) is 1.78. The molecular weight excluding hydrogens is 382 g/mol. The molecule has 30 heavy (non-hydrogen) atoms. The predicted molar refractivity (Wildman–Crippen MR) is 119 cm³/mol. The maximum Gasteiger partial charge on any atom is 0.440 e. The molecule has 1 amide bonds. The van der Waals surface area contributed by atoms with Crippen LogP contribution in [0.4, 0.5) is 4.79 Å². The first-order valence-electron chi connectivity index (χ1n) is 9.90. The summed E-state index contributed by atoms with van der Waals surface area (Å²) in [6, 6.07) is 5.03. The van der Waals surface area contributed by atoms with Crippen molar-refractivity contribution in [1.29, 1.82) is 0 Å². The van der Waals surface area contributed by atoms with Crippen LogP contribution in [0.25, 0.3) is 27.8 Å². The fourth-order valence-electron chi connectivity index (χ4n) is 3.86. The minimum atomic E-state index is -1.17. The van der Waals surface area contributed by atoms with Crippen molar-refractivity contribution in [3.8, 4) is 5.75 Å². The van der Waals surface area contributed by atoms with Gasteiger partial charge in [0.05, 0.1) is 22.6 Å². The van der Waals surface area contributed by atoms with E-state index in [2.05, 4.69) is 11.6 Å². The number of carbonyl (C=O) groups is 1. The van der Waals surface area contributed by atoms with E-state index in [4.69, 9.17) is 4.84 Å². The summed E-state index contributed by atoms with van der Waals surface area (Å²) >= 11 is 0. The van der Waals surface area contributed by atoms with Crippen LogP contribution >= 0.6 is 0 Å². The maximum atomic E-state index is 12.9. The Morgan fingerprint density at radius 1 is 1.33 bits per heavy atom. The summed E-state index contributed by atoms with van der Waals surface area (Å²) in [5.74, 6) is 0.639. The molecule has 1 unspecified atom stereocenters. The fourth-order valence-corrected chi connectivity index (χ4v) is 3.86. The highest BCUT2D eigenvalue weighted by Gasteiger charge is 2.24. The van der Waals surface area contributed by atoms with Crippen LogP contribution in [0.3, 0.4) is 0 Å². The lowest BCUT2D eigenvalue weighted by atomic mass is 10.0. The monoisotopic (exact) mass is 409 g/mol. The lowest BCUT2D eigenvalue weighted by Crippen LogP contribution is -2.41. The molecule has 0 fully saturated rings. The molecule has 158 valence electrons. The number of hydroxylamine groups is 2. The molecule has 1 atom stereocenters. The fraction of sp³-hybridized carbons (Fsp3) is 0.348. The number of pyridine rings is 2. The number of carboxylic acid groups (broad SMARTS) is 1. The zero-order valence-electron chi connectivity index (χ0n) is 18.0. The molecule has 0 saturated carbocycles. The Labute approximate surface area is 175 Å². The Morgan fingerprint density at radius 3 is 2.63 bits per heavy atom. The molecule has 2 aromatic heterocycles. The third-order valence-electron chi connectivity index (χ3n) is 5.26. The van der Waals surface area contributed by atoms with E-state index in [1.54, 1.807) is 25.4 Å². The van der Waals surface area contributed by atoms with E-state index in [1.165, 1.54) is 4.57 Å². The number of fused-ring (bicyclic) bond motifs is 3. The van der Waals surface area contributed by atoms with Crippen LogP contribution in [0.1, 0.15) is 38.4 Å². The molecule has 0 radical (unpaired) electrons. The second-order valence-corrected chi connectivity index (χ2v) is 7.97. The molecular formula is C23H27N3O4. The summed E-state index contributed by atoms with van der Waals surface area (Å²) < 4.78 is 1.54. The summed E-state index contributed by atoms with van der Waals surface area (Å²) in [4.78, 5) is 34.9.